The van der Waals surface area contributed by atoms with Crippen molar-refractivity contribution < 1.29 is 28.2 Å². The van der Waals surface area contributed by atoms with Gasteiger partial charge in [0, 0.05) is 55.9 Å². The number of aryl methyl sites for hydroxylation is 1. The Morgan fingerprint density at radius 3 is 2.79 bits per heavy atom. The monoisotopic (exact) mass is 537 g/mol. The number of anilines is 1. The summed E-state index contributed by atoms with van der Waals surface area (Å²) in [5.74, 6) is -3.37. The molecular formula is C26H25F2N7O4. The molecule has 1 saturated carbocycles. The summed E-state index contributed by atoms with van der Waals surface area (Å²) in [4.78, 5) is 37.9. The van der Waals surface area contributed by atoms with Gasteiger partial charge in [0.25, 0.3) is 0 Å². The Kier molecular flexibility index (Phi) is 6.96. The Hall–Kier alpha value is -4.44. The number of alkyl halides is 2. The van der Waals surface area contributed by atoms with Crippen molar-refractivity contribution in [3.8, 4) is 23.1 Å². The molecule has 0 radical (unpaired) electrons. The molecule has 0 bridgehead atoms. The molecule has 39 heavy (non-hydrogen) atoms. The lowest BCUT2D eigenvalue weighted by Crippen LogP contribution is -2.55. The van der Waals surface area contributed by atoms with E-state index in [4.69, 9.17) is 9.84 Å². The minimum atomic E-state index is -3.37. The average Bonchev–Trinajstić information content (AvgIpc) is 3.61. The summed E-state index contributed by atoms with van der Waals surface area (Å²) in [7, 11) is 1.88. The molecule has 202 valence electrons. The van der Waals surface area contributed by atoms with E-state index in [-0.39, 0.29) is 47.8 Å². The van der Waals surface area contributed by atoms with E-state index in [2.05, 4.69) is 20.3 Å². The highest BCUT2D eigenvalue weighted by Crippen LogP contribution is 2.47. The maximum atomic E-state index is 14.7. The number of likely N-dealkylation sites (tertiary alicyclic amines) is 1. The van der Waals surface area contributed by atoms with Gasteiger partial charge in [-0.25, -0.2) is 23.7 Å². The standard InChI is InChI=1S/C26H25F2N7O4/c1-34-7-5-30-24(34)17-9-18(17)25(38)33-22-10-19(31-14-32-22)15-2-3-20(16(8-15)11-29)39-21-4-6-35(23(37)12-36)13-26(21,27)28/h2-3,5,7-8,10,14,17-18,21,36H,4,6,9,12-13H2,1H3,(H,31,32,33,38)/t17-,18-,21?/m1/s1. The van der Waals surface area contributed by atoms with Gasteiger partial charge < -0.3 is 24.6 Å². The molecule has 3 atom stereocenters. The van der Waals surface area contributed by atoms with E-state index in [1.165, 1.54) is 18.5 Å². The first-order chi connectivity index (χ1) is 18.7. The van der Waals surface area contributed by atoms with Gasteiger partial charge in [-0.1, -0.05) is 0 Å². The molecule has 2 amide bonds. The van der Waals surface area contributed by atoms with E-state index in [1.807, 2.05) is 23.9 Å². The van der Waals surface area contributed by atoms with Crippen molar-refractivity contribution in [2.45, 2.75) is 30.8 Å². The van der Waals surface area contributed by atoms with Crippen molar-refractivity contribution in [3.63, 3.8) is 0 Å². The predicted molar refractivity (Wildman–Crippen MR) is 133 cm³/mol. The molecular weight excluding hydrogens is 512 g/mol. The summed E-state index contributed by atoms with van der Waals surface area (Å²) in [6, 6.07) is 7.98. The molecule has 5 rings (SSSR count). The number of aliphatic hydroxyl groups excluding tert-OH is 1. The zero-order chi connectivity index (χ0) is 27.7. The summed E-state index contributed by atoms with van der Waals surface area (Å²) in [5, 5.41) is 21.4. The van der Waals surface area contributed by atoms with E-state index < -0.39 is 31.1 Å². The van der Waals surface area contributed by atoms with Crippen LogP contribution in [0.4, 0.5) is 14.6 Å². The van der Waals surface area contributed by atoms with E-state index in [0.29, 0.717) is 17.7 Å². The predicted octanol–water partition coefficient (Wildman–Crippen LogP) is 2.10. The highest BCUT2D eigenvalue weighted by molar-refractivity contribution is 5.94. The molecule has 1 aliphatic heterocycles. The highest BCUT2D eigenvalue weighted by atomic mass is 19.3. The first-order valence-electron chi connectivity index (χ1n) is 12.3. The fourth-order valence-corrected chi connectivity index (χ4v) is 4.72. The largest absolute Gasteiger partial charge is 0.483 e. The van der Waals surface area contributed by atoms with Crippen LogP contribution in [0.1, 0.15) is 30.1 Å². The molecule has 1 unspecified atom stereocenters. The number of benzene rings is 1. The normalized spacial score (nSPS) is 21.6. The van der Waals surface area contributed by atoms with Crippen LogP contribution in [0.2, 0.25) is 0 Å². The van der Waals surface area contributed by atoms with Crippen molar-refractivity contribution in [1.82, 2.24) is 24.4 Å². The number of amides is 2. The van der Waals surface area contributed by atoms with Gasteiger partial charge in [-0.15, -0.1) is 0 Å². The minimum absolute atomic E-state index is 0.00163. The zero-order valence-electron chi connectivity index (χ0n) is 20.9. The number of nitriles is 1. The molecule has 13 heteroatoms. The third-order valence-electron chi connectivity index (χ3n) is 6.92. The summed E-state index contributed by atoms with van der Waals surface area (Å²) in [5.41, 5.74) is 0.947. The lowest BCUT2D eigenvalue weighted by atomic mass is 10.0. The van der Waals surface area contributed by atoms with Crippen molar-refractivity contribution in [3.05, 3.63) is 54.4 Å². The number of rotatable bonds is 7. The van der Waals surface area contributed by atoms with E-state index in [9.17, 15) is 23.6 Å². The molecule has 2 fully saturated rings. The van der Waals surface area contributed by atoms with Gasteiger partial charge in [0.1, 0.15) is 36.4 Å². The molecule has 11 nitrogen and oxygen atoms in total. The van der Waals surface area contributed by atoms with Crippen LogP contribution in [0, 0.1) is 17.2 Å². The number of aromatic nitrogens is 4. The van der Waals surface area contributed by atoms with E-state index in [1.54, 1.807) is 18.3 Å². The van der Waals surface area contributed by atoms with Crippen LogP contribution in [0.25, 0.3) is 11.3 Å². The molecule has 3 heterocycles. The topological polar surface area (TPSA) is 146 Å². The average molecular weight is 538 g/mol. The summed E-state index contributed by atoms with van der Waals surface area (Å²) < 4.78 is 36.8. The fraction of sp³-hybridized carbons (Fsp3) is 0.385. The third-order valence-corrected chi connectivity index (χ3v) is 6.92. The smallest absolute Gasteiger partial charge is 0.301 e. The van der Waals surface area contributed by atoms with Crippen LogP contribution in [0.15, 0.2) is 43.0 Å². The van der Waals surface area contributed by atoms with Gasteiger partial charge in [-0.3, -0.25) is 9.59 Å². The Morgan fingerprint density at radius 1 is 1.28 bits per heavy atom. The van der Waals surface area contributed by atoms with Gasteiger partial charge in [0.2, 0.25) is 11.8 Å². The third kappa shape index (κ3) is 5.42. The van der Waals surface area contributed by atoms with Gasteiger partial charge >= 0.3 is 5.92 Å². The van der Waals surface area contributed by atoms with E-state index >= 15 is 0 Å². The van der Waals surface area contributed by atoms with Gasteiger partial charge in [-0.05, 0) is 24.6 Å². The molecule has 2 N–H and O–H groups in total. The lowest BCUT2D eigenvalue weighted by Gasteiger charge is -2.38. The van der Waals surface area contributed by atoms with Crippen LogP contribution in [-0.4, -0.2) is 73.1 Å². The quantitative estimate of drug-likeness (QED) is 0.466. The van der Waals surface area contributed by atoms with Crippen LogP contribution < -0.4 is 10.1 Å². The molecule has 1 aromatic carbocycles. The molecule has 3 aromatic rings. The number of nitrogens with zero attached hydrogens (tertiary/aromatic N) is 6. The first-order valence-corrected chi connectivity index (χ1v) is 12.3. The van der Waals surface area contributed by atoms with Crippen molar-refractivity contribution in [2.75, 3.05) is 25.0 Å². The maximum Gasteiger partial charge on any atom is 0.301 e. The molecule has 2 aliphatic rings. The number of hydrogen-bond donors (Lipinski definition) is 2. The maximum absolute atomic E-state index is 14.7. The van der Waals surface area contributed by atoms with Crippen LogP contribution in [0.5, 0.6) is 5.75 Å². The van der Waals surface area contributed by atoms with Crippen LogP contribution in [-0.2, 0) is 16.6 Å². The zero-order valence-corrected chi connectivity index (χ0v) is 20.9. The minimum Gasteiger partial charge on any atom is -0.483 e. The van der Waals surface area contributed by atoms with Gasteiger partial charge in [-0.2, -0.15) is 5.26 Å². The molecule has 1 aliphatic carbocycles. The van der Waals surface area contributed by atoms with Gasteiger partial charge in [0.15, 0.2) is 6.10 Å². The Balaban J connectivity index is 1.27. The van der Waals surface area contributed by atoms with Crippen LogP contribution >= 0.6 is 0 Å². The van der Waals surface area contributed by atoms with E-state index in [0.717, 1.165) is 10.7 Å². The SMILES string of the molecule is Cn1ccnc1[C@@H]1C[C@H]1C(=O)Nc1cc(-c2ccc(OC3CCN(C(=O)CO)CC3(F)F)c(C#N)c2)ncn1. The van der Waals surface area contributed by atoms with Gasteiger partial charge in [0.05, 0.1) is 17.8 Å². The summed E-state index contributed by atoms with van der Waals surface area (Å²) >= 11 is 0. The first kappa shape index (κ1) is 26.2. The second-order valence-electron chi connectivity index (χ2n) is 9.58. The Bertz CT molecular complexity index is 1450. The number of ether oxygens (including phenoxy) is 1. The Morgan fingerprint density at radius 2 is 2.10 bits per heavy atom. The number of carbonyl (C=O) groups excluding carboxylic acids is 2. The number of aliphatic hydroxyl groups is 1. The molecule has 1 saturated heterocycles. The highest BCUT2D eigenvalue weighted by Gasteiger charge is 2.48. The van der Waals surface area contributed by atoms with Crippen LogP contribution in [0.3, 0.4) is 0 Å². The number of halogens is 2. The number of hydrogen-bond acceptors (Lipinski definition) is 8. The second-order valence-corrected chi connectivity index (χ2v) is 9.58. The second kappa shape index (κ2) is 10.4. The molecule has 2 aromatic heterocycles. The lowest BCUT2D eigenvalue weighted by molar-refractivity contribution is -0.161. The summed E-state index contributed by atoms with van der Waals surface area (Å²) in [6.45, 7) is -1.73. The number of nitrogens with one attached hydrogen (secondary N) is 1. The van der Waals surface area contributed by atoms with Crippen molar-refractivity contribution >= 4 is 17.6 Å². The Labute approximate surface area is 222 Å². The summed E-state index contributed by atoms with van der Waals surface area (Å²) in [6.07, 6.45) is 3.80. The number of carbonyl (C=O) groups is 2. The van der Waals surface area contributed by atoms with Crippen molar-refractivity contribution in [2.24, 2.45) is 13.0 Å². The van der Waals surface area contributed by atoms with Crippen molar-refractivity contribution in [1.29, 1.82) is 5.26 Å². The molecule has 0 spiro atoms. The fourth-order valence-electron chi connectivity index (χ4n) is 4.72. The number of imidazole rings is 1. The number of piperidine rings is 1.